The molecule has 0 radical (unpaired) electrons. The molecule has 116 valence electrons. The number of carboxylic acids is 1. The van der Waals surface area contributed by atoms with E-state index in [1.165, 1.54) is 29.7 Å². The molecule has 1 aromatic rings. The highest BCUT2D eigenvalue weighted by Crippen LogP contribution is 2.28. The van der Waals surface area contributed by atoms with Crippen LogP contribution in [-0.2, 0) is 17.6 Å². The summed E-state index contributed by atoms with van der Waals surface area (Å²) in [5.74, 6) is -0.617. The van der Waals surface area contributed by atoms with Gasteiger partial charge < -0.3 is 10.4 Å². The molecule has 4 nitrogen and oxygen atoms in total. The average Bonchev–Trinajstić information content (AvgIpc) is 2.73. The Morgan fingerprint density at radius 2 is 2.10 bits per heavy atom. The number of hydrogen-bond donors (Lipinski definition) is 2. The Kier molecular flexibility index (Phi) is 5.79. The smallest absolute Gasteiger partial charge is 0.303 e. The number of carbonyl (C=O) groups excluding carboxylic acids is 1. The van der Waals surface area contributed by atoms with Gasteiger partial charge in [0, 0.05) is 17.8 Å². The quantitative estimate of drug-likeness (QED) is 0.793. The summed E-state index contributed by atoms with van der Waals surface area (Å²) in [4.78, 5) is 24.9. The molecule has 1 atom stereocenters. The molecule has 1 aromatic heterocycles. The molecule has 1 heterocycles. The van der Waals surface area contributed by atoms with E-state index >= 15 is 0 Å². The summed E-state index contributed by atoms with van der Waals surface area (Å²) in [6, 6.07) is 2.04. The second-order valence-corrected chi connectivity index (χ2v) is 7.00. The highest BCUT2D eigenvalue weighted by Gasteiger charge is 2.16. The average molecular weight is 309 g/mol. The maximum Gasteiger partial charge on any atom is 0.303 e. The minimum atomic E-state index is -0.782. The first-order valence-corrected chi connectivity index (χ1v) is 8.49. The second-order valence-electron chi connectivity index (χ2n) is 5.87. The van der Waals surface area contributed by atoms with Crippen LogP contribution in [0.25, 0.3) is 0 Å². The maximum atomic E-state index is 12.2. The van der Waals surface area contributed by atoms with Gasteiger partial charge in [-0.1, -0.05) is 13.3 Å². The molecule has 1 aliphatic rings. The number of carbonyl (C=O) groups is 2. The molecule has 1 amide bonds. The topological polar surface area (TPSA) is 66.4 Å². The Balaban J connectivity index is 1.84. The second kappa shape index (κ2) is 7.59. The van der Waals surface area contributed by atoms with Crippen molar-refractivity contribution in [3.05, 3.63) is 21.4 Å². The van der Waals surface area contributed by atoms with Crippen molar-refractivity contribution in [3.63, 3.8) is 0 Å². The number of fused-ring (bicyclic) bond motifs is 1. The molecule has 0 saturated heterocycles. The lowest BCUT2D eigenvalue weighted by atomic mass is 10.1. The van der Waals surface area contributed by atoms with Crippen LogP contribution in [0.2, 0.25) is 0 Å². The lowest BCUT2D eigenvalue weighted by Crippen LogP contribution is -2.27. The third-order valence-electron chi connectivity index (χ3n) is 3.93. The van der Waals surface area contributed by atoms with E-state index in [2.05, 4.69) is 5.32 Å². The fourth-order valence-electron chi connectivity index (χ4n) is 2.61. The Morgan fingerprint density at radius 1 is 1.33 bits per heavy atom. The van der Waals surface area contributed by atoms with Crippen LogP contribution in [0.3, 0.4) is 0 Å². The van der Waals surface area contributed by atoms with Crippen molar-refractivity contribution in [2.45, 2.75) is 51.9 Å². The highest BCUT2D eigenvalue weighted by atomic mass is 32.1. The van der Waals surface area contributed by atoms with Crippen LogP contribution in [0.1, 0.15) is 59.1 Å². The molecule has 2 rings (SSSR count). The molecule has 0 fully saturated rings. The van der Waals surface area contributed by atoms with E-state index in [1.54, 1.807) is 11.3 Å². The van der Waals surface area contributed by atoms with E-state index in [-0.39, 0.29) is 18.2 Å². The number of thiophene rings is 1. The first-order chi connectivity index (χ1) is 10.1. The lowest BCUT2D eigenvalue weighted by Gasteiger charge is -2.10. The number of carboxylic acid groups (broad SMARTS) is 1. The van der Waals surface area contributed by atoms with Crippen LogP contribution in [0.5, 0.6) is 0 Å². The molecule has 0 aliphatic heterocycles. The number of amides is 1. The Hall–Kier alpha value is -1.36. The summed E-state index contributed by atoms with van der Waals surface area (Å²) < 4.78 is 0. The van der Waals surface area contributed by atoms with E-state index in [0.29, 0.717) is 13.0 Å². The van der Waals surface area contributed by atoms with E-state index in [9.17, 15) is 9.59 Å². The molecule has 0 saturated carbocycles. The van der Waals surface area contributed by atoms with Gasteiger partial charge in [-0.2, -0.15) is 0 Å². The van der Waals surface area contributed by atoms with Crippen LogP contribution >= 0.6 is 11.3 Å². The molecular formula is C16H23NO3S. The number of aliphatic carboxylic acids is 1. The zero-order valence-electron chi connectivity index (χ0n) is 12.5. The van der Waals surface area contributed by atoms with Crippen molar-refractivity contribution >= 4 is 23.2 Å². The minimum Gasteiger partial charge on any atom is -0.481 e. The fourth-order valence-corrected chi connectivity index (χ4v) is 3.78. The summed E-state index contributed by atoms with van der Waals surface area (Å²) >= 11 is 1.62. The van der Waals surface area contributed by atoms with Crippen molar-refractivity contribution in [1.29, 1.82) is 0 Å². The van der Waals surface area contributed by atoms with Gasteiger partial charge in [0.15, 0.2) is 0 Å². The number of hydrogen-bond acceptors (Lipinski definition) is 3. The van der Waals surface area contributed by atoms with Gasteiger partial charge in [-0.15, -0.1) is 11.3 Å². The maximum absolute atomic E-state index is 12.2. The van der Waals surface area contributed by atoms with Crippen LogP contribution in [0.4, 0.5) is 0 Å². The van der Waals surface area contributed by atoms with Gasteiger partial charge in [-0.3, -0.25) is 9.59 Å². The molecule has 21 heavy (non-hydrogen) atoms. The standard InChI is InChI=1S/C16H23NO3S/c1-11(7-8-15(18)19)10-17-16(20)14-9-12-5-3-2-4-6-13(12)21-14/h9,11H,2-8,10H2,1H3,(H,17,20)(H,18,19). The largest absolute Gasteiger partial charge is 0.481 e. The van der Waals surface area contributed by atoms with Gasteiger partial charge in [-0.25, -0.2) is 0 Å². The van der Waals surface area contributed by atoms with Gasteiger partial charge in [-0.05, 0) is 49.7 Å². The third kappa shape index (κ3) is 4.84. The van der Waals surface area contributed by atoms with Crippen LogP contribution in [0, 0.1) is 5.92 Å². The first-order valence-electron chi connectivity index (χ1n) is 7.68. The van der Waals surface area contributed by atoms with Crippen molar-refractivity contribution in [3.8, 4) is 0 Å². The van der Waals surface area contributed by atoms with E-state index < -0.39 is 5.97 Å². The van der Waals surface area contributed by atoms with Crippen LogP contribution in [0.15, 0.2) is 6.07 Å². The number of rotatable bonds is 6. The summed E-state index contributed by atoms with van der Waals surface area (Å²) in [5.41, 5.74) is 1.35. The van der Waals surface area contributed by atoms with E-state index in [4.69, 9.17) is 5.11 Å². The summed E-state index contributed by atoms with van der Waals surface area (Å²) in [6.07, 6.45) is 6.67. The zero-order chi connectivity index (χ0) is 15.2. The SMILES string of the molecule is CC(CCC(=O)O)CNC(=O)c1cc2c(s1)CCCCC2. The van der Waals surface area contributed by atoms with E-state index in [0.717, 1.165) is 17.7 Å². The fraction of sp³-hybridized carbons (Fsp3) is 0.625. The third-order valence-corrected chi connectivity index (χ3v) is 5.17. The number of aryl methyl sites for hydroxylation is 2. The minimum absolute atomic E-state index is 0.0183. The van der Waals surface area contributed by atoms with Crippen LogP contribution < -0.4 is 5.32 Å². The van der Waals surface area contributed by atoms with Gasteiger partial charge in [0.2, 0.25) is 0 Å². The van der Waals surface area contributed by atoms with Gasteiger partial charge in [0.1, 0.15) is 0 Å². The monoisotopic (exact) mass is 309 g/mol. The van der Waals surface area contributed by atoms with Crippen molar-refractivity contribution in [2.75, 3.05) is 6.54 Å². The predicted molar refractivity (Wildman–Crippen MR) is 83.9 cm³/mol. The number of nitrogens with one attached hydrogen (secondary N) is 1. The zero-order valence-corrected chi connectivity index (χ0v) is 13.3. The molecule has 0 bridgehead atoms. The molecule has 1 unspecified atom stereocenters. The molecule has 1 aliphatic carbocycles. The van der Waals surface area contributed by atoms with Crippen molar-refractivity contribution < 1.29 is 14.7 Å². The molecule has 0 aromatic carbocycles. The lowest BCUT2D eigenvalue weighted by molar-refractivity contribution is -0.137. The molecule has 0 spiro atoms. The van der Waals surface area contributed by atoms with Gasteiger partial charge in [0.05, 0.1) is 4.88 Å². The molecular weight excluding hydrogens is 286 g/mol. The van der Waals surface area contributed by atoms with Crippen molar-refractivity contribution in [2.24, 2.45) is 5.92 Å². The molecule has 2 N–H and O–H groups in total. The van der Waals surface area contributed by atoms with Crippen LogP contribution in [-0.4, -0.2) is 23.5 Å². The Bertz CT molecular complexity index is 486. The highest BCUT2D eigenvalue weighted by molar-refractivity contribution is 7.14. The van der Waals surface area contributed by atoms with E-state index in [1.807, 2.05) is 13.0 Å². The predicted octanol–water partition coefficient (Wildman–Crippen LogP) is 3.25. The Morgan fingerprint density at radius 3 is 2.86 bits per heavy atom. The van der Waals surface area contributed by atoms with Crippen molar-refractivity contribution in [1.82, 2.24) is 5.32 Å². The Labute approximate surface area is 129 Å². The summed E-state index contributed by atoms with van der Waals surface area (Å²) in [7, 11) is 0. The summed E-state index contributed by atoms with van der Waals surface area (Å²) in [6.45, 7) is 2.50. The summed E-state index contributed by atoms with van der Waals surface area (Å²) in [5, 5.41) is 11.6. The van der Waals surface area contributed by atoms with Gasteiger partial charge >= 0.3 is 5.97 Å². The normalized spacial score (nSPS) is 15.9. The molecule has 5 heteroatoms. The van der Waals surface area contributed by atoms with Gasteiger partial charge in [0.25, 0.3) is 5.91 Å². The first kappa shape index (κ1) is 16.0.